The number of aromatic nitrogens is 2. The largest absolute Gasteiger partial charge is 0.377 e. The van der Waals surface area contributed by atoms with Crippen LogP contribution in [0.5, 0.6) is 0 Å². The van der Waals surface area contributed by atoms with Crippen LogP contribution in [0.1, 0.15) is 18.5 Å². The summed E-state index contributed by atoms with van der Waals surface area (Å²) in [6, 6.07) is 14.5. The SMILES string of the molecule is CC(Nc1cccc2cccnc12)c1ccncc1. The fourth-order valence-electron chi connectivity index (χ4n) is 2.19. The van der Waals surface area contributed by atoms with E-state index in [0.29, 0.717) is 0 Å². The van der Waals surface area contributed by atoms with E-state index in [0.717, 1.165) is 16.6 Å². The number of anilines is 1. The van der Waals surface area contributed by atoms with Gasteiger partial charge in [0.1, 0.15) is 0 Å². The third-order valence-electron chi connectivity index (χ3n) is 3.21. The Kier molecular flexibility index (Phi) is 3.11. The summed E-state index contributed by atoms with van der Waals surface area (Å²) in [5, 5.41) is 4.66. The Morgan fingerprint density at radius 2 is 1.74 bits per heavy atom. The van der Waals surface area contributed by atoms with Crippen LogP contribution in [0.2, 0.25) is 0 Å². The van der Waals surface area contributed by atoms with Crippen LogP contribution in [0.4, 0.5) is 5.69 Å². The molecule has 1 atom stereocenters. The second-order valence-corrected chi connectivity index (χ2v) is 4.53. The molecule has 3 aromatic rings. The average Bonchev–Trinajstić information content (AvgIpc) is 2.48. The minimum Gasteiger partial charge on any atom is -0.377 e. The first-order valence-electron chi connectivity index (χ1n) is 6.35. The molecule has 1 aromatic carbocycles. The van der Waals surface area contributed by atoms with Gasteiger partial charge in [-0.05, 0) is 36.8 Å². The van der Waals surface area contributed by atoms with Gasteiger partial charge in [0.2, 0.25) is 0 Å². The second kappa shape index (κ2) is 5.06. The van der Waals surface area contributed by atoms with Gasteiger partial charge >= 0.3 is 0 Å². The zero-order valence-electron chi connectivity index (χ0n) is 10.7. The lowest BCUT2D eigenvalue weighted by Gasteiger charge is -2.16. The molecule has 1 unspecified atom stereocenters. The van der Waals surface area contributed by atoms with E-state index >= 15 is 0 Å². The first-order valence-corrected chi connectivity index (χ1v) is 6.35. The van der Waals surface area contributed by atoms with Crippen LogP contribution in [-0.2, 0) is 0 Å². The van der Waals surface area contributed by atoms with Gasteiger partial charge in [-0.2, -0.15) is 0 Å². The molecule has 2 heterocycles. The smallest absolute Gasteiger partial charge is 0.0933 e. The lowest BCUT2D eigenvalue weighted by Crippen LogP contribution is -2.07. The number of hydrogen-bond acceptors (Lipinski definition) is 3. The van der Waals surface area contributed by atoms with Gasteiger partial charge in [-0.25, -0.2) is 0 Å². The van der Waals surface area contributed by atoms with Gasteiger partial charge in [-0.3, -0.25) is 9.97 Å². The molecule has 3 heteroatoms. The summed E-state index contributed by atoms with van der Waals surface area (Å²) in [5.41, 5.74) is 3.27. The summed E-state index contributed by atoms with van der Waals surface area (Å²) in [5.74, 6) is 0. The van der Waals surface area contributed by atoms with E-state index in [1.165, 1.54) is 5.56 Å². The van der Waals surface area contributed by atoms with Crippen molar-refractivity contribution in [1.82, 2.24) is 9.97 Å². The van der Waals surface area contributed by atoms with E-state index in [-0.39, 0.29) is 6.04 Å². The Labute approximate surface area is 112 Å². The highest BCUT2D eigenvalue weighted by atomic mass is 14.9. The fraction of sp³-hybridized carbons (Fsp3) is 0.125. The van der Waals surface area contributed by atoms with Gasteiger partial charge < -0.3 is 5.32 Å². The Morgan fingerprint density at radius 1 is 0.947 bits per heavy atom. The molecule has 2 aromatic heterocycles. The van der Waals surface area contributed by atoms with Gasteiger partial charge in [0.05, 0.1) is 11.2 Å². The molecule has 0 aliphatic rings. The molecule has 0 fully saturated rings. The Morgan fingerprint density at radius 3 is 2.58 bits per heavy atom. The van der Waals surface area contributed by atoms with Crippen molar-refractivity contribution in [2.45, 2.75) is 13.0 Å². The van der Waals surface area contributed by atoms with Crippen molar-refractivity contribution in [2.24, 2.45) is 0 Å². The van der Waals surface area contributed by atoms with Crippen molar-refractivity contribution in [1.29, 1.82) is 0 Å². The number of rotatable bonds is 3. The van der Waals surface area contributed by atoms with Crippen LogP contribution in [0.3, 0.4) is 0 Å². The Bertz CT molecular complexity index is 674. The average molecular weight is 249 g/mol. The van der Waals surface area contributed by atoms with Crippen LogP contribution >= 0.6 is 0 Å². The monoisotopic (exact) mass is 249 g/mol. The van der Waals surface area contributed by atoms with Crippen LogP contribution in [-0.4, -0.2) is 9.97 Å². The van der Waals surface area contributed by atoms with E-state index in [1.807, 2.05) is 42.9 Å². The minimum atomic E-state index is 0.218. The van der Waals surface area contributed by atoms with Gasteiger partial charge in [-0.15, -0.1) is 0 Å². The quantitative estimate of drug-likeness (QED) is 0.767. The maximum Gasteiger partial charge on any atom is 0.0933 e. The summed E-state index contributed by atoms with van der Waals surface area (Å²) in [6.45, 7) is 2.14. The molecule has 0 aliphatic heterocycles. The van der Waals surface area contributed by atoms with Crippen molar-refractivity contribution in [3.63, 3.8) is 0 Å². The van der Waals surface area contributed by atoms with Gasteiger partial charge in [0.25, 0.3) is 0 Å². The third kappa shape index (κ3) is 2.40. The molecule has 0 amide bonds. The topological polar surface area (TPSA) is 37.8 Å². The molecule has 0 spiro atoms. The van der Waals surface area contributed by atoms with Gasteiger partial charge in [0, 0.05) is 30.0 Å². The molecule has 1 N–H and O–H groups in total. The zero-order valence-corrected chi connectivity index (χ0v) is 10.7. The summed E-state index contributed by atoms with van der Waals surface area (Å²) in [4.78, 5) is 8.50. The number of hydrogen-bond donors (Lipinski definition) is 1. The van der Waals surface area contributed by atoms with E-state index in [1.54, 1.807) is 0 Å². The summed E-state index contributed by atoms with van der Waals surface area (Å²) < 4.78 is 0. The van der Waals surface area contributed by atoms with Crippen molar-refractivity contribution < 1.29 is 0 Å². The summed E-state index contributed by atoms with van der Waals surface area (Å²) >= 11 is 0. The normalized spacial score (nSPS) is 12.3. The second-order valence-electron chi connectivity index (χ2n) is 4.53. The lowest BCUT2D eigenvalue weighted by molar-refractivity contribution is 0.882. The number of pyridine rings is 2. The van der Waals surface area contributed by atoms with Crippen molar-refractivity contribution in [2.75, 3.05) is 5.32 Å². The number of fused-ring (bicyclic) bond motifs is 1. The fourth-order valence-corrected chi connectivity index (χ4v) is 2.19. The first kappa shape index (κ1) is 11.7. The molecular weight excluding hydrogens is 234 g/mol. The van der Waals surface area contributed by atoms with Crippen molar-refractivity contribution in [3.05, 3.63) is 66.6 Å². The highest BCUT2D eigenvalue weighted by molar-refractivity contribution is 5.90. The Balaban J connectivity index is 1.94. The first-order chi connectivity index (χ1) is 9.34. The molecule has 3 nitrogen and oxygen atoms in total. The van der Waals surface area contributed by atoms with Crippen molar-refractivity contribution in [3.8, 4) is 0 Å². The zero-order chi connectivity index (χ0) is 13.1. The number of para-hydroxylation sites is 1. The Hall–Kier alpha value is -2.42. The van der Waals surface area contributed by atoms with E-state index in [4.69, 9.17) is 0 Å². The highest BCUT2D eigenvalue weighted by Crippen LogP contribution is 2.25. The molecule has 0 bridgehead atoms. The van der Waals surface area contributed by atoms with E-state index in [2.05, 4.69) is 40.4 Å². The van der Waals surface area contributed by atoms with Crippen LogP contribution < -0.4 is 5.32 Å². The maximum absolute atomic E-state index is 4.45. The van der Waals surface area contributed by atoms with E-state index < -0.39 is 0 Å². The number of nitrogens with zero attached hydrogens (tertiary/aromatic N) is 2. The van der Waals surface area contributed by atoms with Crippen molar-refractivity contribution >= 4 is 16.6 Å². The third-order valence-corrected chi connectivity index (χ3v) is 3.21. The predicted octanol–water partition coefficient (Wildman–Crippen LogP) is 3.80. The standard InChI is InChI=1S/C16H15N3/c1-12(13-7-10-17-11-8-13)19-15-6-2-4-14-5-3-9-18-16(14)15/h2-12,19H,1H3. The highest BCUT2D eigenvalue weighted by Gasteiger charge is 2.07. The van der Waals surface area contributed by atoms with E-state index in [9.17, 15) is 0 Å². The molecule has 0 saturated carbocycles. The molecule has 0 saturated heterocycles. The molecular formula is C16H15N3. The molecule has 0 radical (unpaired) electrons. The lowest BCUT2D eigenvalue weighted by atomic mass is 10.1. The number of benzene rings is 1. The summed E-state index contributed by atoms with van der Waals surface area (Å²) in [6.07, 6.45) is 5.45. The molecule has 19 heavy (non-hydrogen) atoms. The van der Waals surface area contributed by atoms with Crippen LogP contribution in [0, 0.1) is 0 Å². The number of nitrogens with one attached hydrogen (secondary N) is 1. The van der Waals surface area contributed by atoms with Crippen LogP contribution in [0.15, 0.2) is 61.1 Å². The predicted molar refractivity (Wildman–Crippen MR) is 78.0 cm³/mol. The van der Waals surface area contributed by atoms with Crippen LogP contribution in [0.25, 0.3) is 10.9 Å². The van der Waals surface area contributed by atoms with Gasteiger partial charge in [0.15, 0.2) is 0 Å². The minimum absolute atomic E-state index is 0.218. The molecule has 3 rings (SSSR count). The summed E-state index contributed by atoms with van der Waals surface area (Å²) in [7, 11) is 0. The maximum atomic E-state index is 4.45. The van der Waals surface area contributed by atoms with Gasteiger partial charge in [-0.1, -0.05) is 18.2 Å². The molecule has 0 aliphatic carbocycles. The molecule has 94 valence electrons.